The standard InChI is InChI=1S/C18H15F3O4/c1-12-11-15(8-9-16(12)24-10-2-3-17(22)23)25-14-6-4-13(5-7-14)18(19,20)21/h2-9,11H,10H2,1H3,(H,22,23)/b3-2+. The average Bonchev–Trinajstić information content (AvgIpc) is 2.52. The normalized spacial score (nSPS) is 11.5. The number of hydrogen-bond acceptors (Lipinski definition) is 3. The molecule has 0 saturated carbocycles. The van der Waals surface area contributed by atoms with Crippen molar-refractivity contribution in [3.05, 3.63) is 65.7 Å². The van der Waals surface area contributed by atoms with Gasteiger partial charge in [0.15, 0.2) is 0 Å². The van der Waals surface area contributed by atoms with Gasteiger partial charge in [-0.2, -0.15) is 13.2 Å². The van der Waals surface area contributed by atoms with Crippen molar-refractivity contribution >= 4 is 5.97 Å². The zero-order valence-electron chi connectivity index (χ0n) is 13.2. The van der Waals surface area contributed by atoms with Crippen LogP contribution in [0.15, 0.2) is 54.6 Å². The van der Waals surface area contributed by atoms with Crippen LogP contribution in [0.1, 0.15) is 11.1 Å². The highest BCUT2D eigenvalue weighted by atomic mass is 19.4. The molecule has 0 spiro atoms. The lowest BCUT2D eigenvalue weighted by Crippen LogP contribution is -2.04. The fraction of sp³-hybridized carbons (Fsp3) is 0.167. The van der Waals surface area contributed by atoms with Gasteiger partial charge < -0.3 is 14.6 Å². The summed E-state index contributed by atoms with van der Waals surface area (Å²) in [5.74, 6) is 0.228. The van der Waals surface area contributed by atoms with Crippen LogP contribution in [-0.4, -0.2) is 17.7 Å². The Morgan fingerprint density at radius 3 is 2.32 bits per heavy atom. The zero-order chi connectivity index (χ0) is 18.4. The first-order valence-corrected chi connectivity index (χ1v) is 7.24. The van der Waals surface area contributed by atoms with E-state index in [-0.39, 0.29) is 12.4 Å². The molecular formula is C18H15F3O4. The van der Waals surface area contributed by atoms with Crippen molar-refractivity contribution in [2.45, 2.75) is 13.1 Å². The number of halogens is 3. The van der Waals surface area contributed by atoms with Crippen LogP contribution >= 0.6 is 0 Å². The van der Waals surface area contributed by atoms with Crippen molar-refractivity contribution < 1.29 is 32.5 Å². The second-order valence-electron chi connectivity index (χ2n) is 5.10. The monoisotopic (exact) mass is 352 g/mol. The third-order valence-electron chi connectivity index (χ3n) is 3.16. The van der Waals surface area contributed by atoms with Gasteiger partial charge in [-0.3, -0.25) is 0 Å². The number of hydrogen-bond donors (Lipinski definition) is 1. The Morgan fingerprint density at radius 2 is 1.76 bits per heavy atom. The molecule has 0 radical (unpaired) electrons. The van der Waals surface area contributed by atoms with Gasteiger partial charge in [0.25, 0.3) is 0 Å². The first-order chi connectivity index (χ1) is 11.8. The molecule has 0 unspecified atom stereocenters. The lowest BCUT2D eigenvalue weighted by atomic mass is 10.2. The summed E-state index contributed by atoms with van der Waals surface area (Å²) in [6.07, 6.45) is -2.03. The van der Waals surface area contributed by atoms with Gasteiger partial charge in [-0.1, -0.05) is 0 Å². The summed E-state index contributed by atoms with van der Waals surface area (Å²) in [7, 11) is 0. The highest BCUT2D eigenvalue weighted by Gasteiger charge is 2.30. The van der Waals surface area contributed by atoms with Gasteiger partial charge >= 0.3 is 12.1 Å². The van der Waals surface area contributed by atoms with Gasteiger partial charge in [0, 0.05) is 6.08 Å². The molecule has 25 heavy (non-hydrogen) atoms. The fourth-order valence-corrected chi connectivity index (χ4v) is 1.98. The van der Waals surface area contributed by atoms with Crippen LogP contribution in [0, 0.1) is 6.92 Å². The molecule has 132 valence electrons. The molecule has 0 aliphatic carbocycles. The Bertz CT molecular complexity index is 765. The summed E-state index contributed by atoms with van der Waals surface area (Å²) in [4.78, 5) is 10.4. The van der Waals surface area contributed by atoms with Crippen molar-refractivity contribution in [1.29, 1.82) is 0 Å². The third kappa shape index (κ3) is 5.56. The van der Waals surface area contributed by atoms with Crippen LogP contribution in [0.2, 0.25) is 0 Å². The summed E-state index contributed by atoms with van der Waals surface area (Å²) in [6.45, 7) is 1.88. The molecule has 0 aromatic heterocycles. The molecule has 0 amide bonds. The molecule has 1 N–H and O–H groups in total. The van der Waals surface area contributed by atoms with Gasteiger partial charge in [-0.05, 0) is 61.0 Å². The topological polar surface area (TPSA) is 55.8 Å². The van der Waals surface area contributed by atoms with Gasteiger partial charge in [0.2, 0.25) is 0 Å². The van der Waals surface area contributed by atoms with E-state index in [0.29, 0.717) is 11.5 Å². The second-order valence-corrected chi connectivity index (χ2v) is 5.10. The highest BCUT2D eigenvalue weighted by Crippen LogP contribution is 2.32. The fourth-order valence-electron chi connectivity index (χ4n) is 1.98. The van der Waals surface area contributed by atoms with Gasteiger partial charge in [-0.15, -0.1) is 0 Å². The first-order valence-electron chi connectivity index (χ1n) is 7.24. The van der Waals surface area contributed by atoms with Crippen LogP contribution < -0.4 is 9.47 Å². The van der Waals surface area contributed by atoms with Crippen molar-refractivity contribution in [1.82, 2.24) is 0 Å². The largest absolute Gasteiger partial charge is 0.489 e. The second kappa shape index (κ2) is 7.74. The molecule has 4 nitrogen and oxygen atoms in total. The molecule has 2 aromatic carbocycles. The van der Waals surface area contributed by atoms with E-state index in [1.807, 2.05) is 0 Å². The van der Waals surface area contributed by atoms with Crippen molar-refractivity contribution in [2.24, 2.45) is 0 Å². The van der Waals surface area contributed by atoms with E-state index in [1.165, 1.54) is 18.2 Å². The maximum atomic E-state index is 12.5. The number of rotatable bonds is 6. The summed E-state index contributed by atoms with van der Waals surface area (Å²) in [5, 5.41) is 8.48. The lowest BCUT2D eigenvalue weighted by Gasteiger charge is -2.11. The summed E-state index contributed by atoms with van der Waals surface area (Å²) < 4.78 is 48.5. The summed E-state index contributed by atoms with van der Waals surface area (Å²) in [5.41, 5.74) is 0.00216. The van der Waals surface area contributed by atoms with E-state index in [4.69, 9.17) is 14.6 Å². The molecular weight excluding hydrogens is 337 g/mol. The number of alkyl halides is 3. The molecule has 0 atom stereocenters. The van der Waals surface area contributed by atoms with Crippen molar-refractivity contribution in [3.8, 4) is 17.2 Å². The molecule has 0 aliphatic rings. The molecule has 0 bridgehead atoms. The number of aryl methyl sites for hydroxylation is 1. The number of benzene rings is 2. The molecule has 0 heterocycles. The zero-order valence-corrected chi connectivity index (χ0v) is 13.2. The molecule has 7 heteroatoms. The van der Waals surface area contributed by atoms with Crippen LogP contribution in [0.3, 0.4) is 0 Å². The van der Waals surface area contributed by atoms with E-state index in [1.54, 1.807) is 25.1 Å². The Labute approximate surface area is 142 Å². The van der Waals surface area contributed by atoms with E-state index >= 15 is 0 Å². The van der Waals surface area contributed by atoms with Gasteiger partial charge in [-0.25, -0.2) is 4.79 Å². The number of carbonyl (C=O) groups is 1. The van der Waals surface area contributed by atoms with Gasteiger partial charge in [0.1, 0.15) is 23.9 Å². The molecule has 0 aliphatic heterocycles. The van der Waals surface area contributed by atoms with Crippen molar-refractivity contribution in [2.75, 3.05) is 6.61 Å². The quantitative estimate of drug-likeness (QED) is 0.757. The maximum absolute atomic E-state index is 12.5. The Kier molecular flexibility index (Phi) is 5.69. The number of aliphatic carboxylic acids is 1. The highest BCUT2D eigenvalue weighted by molar-refractivity contribution is 5.79. The van der Waals surface area contributed by atoms with Crippen LogP contribution in [0.25, 0.3) is 0 Å². The molecule has 0 fully saturated rings. The minimum atomic E-state index is -4.39. The van der Waals surface area contributed by atoms with Crippen LogP contribution in [0.5, 0.6) is 17.2 Å². The SMILES string of the molecule is Cc1cc(Oc2ccc(C(F)(F)F)cc2)ccc1OC/C=C/C(=O)O. The van der Waals surface area contributed by atoms with Crippen molar-refractivity contribution in [3.63, 3.8) is 0 Å². The first kappa shape index (κ1) is 18.4. The predicted molar refractivity (Wildman–Crippen MR) is 85.0 cm³/mol. The summed E-state index contributed by atoms with van der Waals surface area (Å²) in [6, 6.07) is 9.33. The van der Waals surface area contributed by atoms with E-state index < -0.39 is 17.7 Å². The molecule has 2 aromatic rings. The van der Waals surface area contributed by atoms with Crippen LogP contribution in [0.4, 0.5) is 13.2 Å². The Hall–Kier alpha value is -2.96. The summed E-state index contributed by atoms with van der Waals surface area (Å²) >= 11 is 0. The van der Waals surface area contributed by atoms with Gasteiger partial charge in [0.05, 0.1) is 5.56 Å². The number of carboxylic acid groups (broad SMARTS) is 1. The minimum Gasteiger partial charge on any atom is -0.489 e. The molecule has 0 saturated heterocycles. The van der Waals surface area contributed by atoms with E-state index in [9.17, 15) is 18.0 Å². The predicted octanol–water partition coefficient (Wildman–Crippen LogP) is 4.83. The third-order valence-corrected chi connectivity index (χ3v) is 3.16. The Balaban J connectivity index is 2.01. The lowest BCUT2D eigenvalue weighted by molar-refractivity contribution is -0.137. The molecule has 2 rings (SSSR count). The average molecular weight is 352 g/mol. The maximum Gasteiger partial charge on any atom is 0.416 e. The van der Waals surface area contributed by atoms with Crippen LogP contribution in [-0.2, 0) is 11.0 Å². The Morgan fingerprint density at radius 1 is 1.12 bits per heavy atom. The number of ether oxygens (including phenoxy) is 2. The minimum absolute atomic E-state index is 0.103. The smallest absolute Gasteiger partial charge is 0.416 e. The van der Waals surface area contributed by atoms with E-state index in [2.05, 4.69) is 0 Å². The number of carboxylic acids is 1. The van der Waals surface area contributed by atoms with E-state index in [0.717, 1.165) is 23.8 Å².